The van der Waals surface area contributed by atoms with Crippen LogP contribution in [-0.2, 0) is 29.6 Å². The van der Waals surface area contributed by atoms with Gasteiger partial charge in [-0.1, -0.05) is 23.7 Å². The summed E-state index contributed by atoms with van der Waals surface area (Å²) in [5, 5.41) is 4.65. The van der Waals surface area contributed by atoms with Crippen molar-refractivity contribution in [3.05, 3.63) is 46.2 Å². The zero-order valence-electron chi connectivity index (χ0n) is 11.4. The normalized spacial score (nSPS) is 10.6. The molecule has 0 bridgehead atoms. The molecule has 0 spiro atoms. The molecule has 2 rings (SSSR count). The molecule has 5 nitrogen and oxygen atoms in total. The number of halogens is 1. The number of ether oxygens (including phenoxy) is 1. The average Bonchev–Trinajstić information content (AvgIpc) is 2.64. The fourth-order valence-electron chi connectivity index (χ4n) is 1.84. The minimum Gasteiger partial charge on any atom is -0.460 e. The molecule has 106 valence electrons. The van der Waals surface area contributed by atoms with Crippen molar-refractivity contribution < 1.29 is 9.53 Å². The molecule has 0 radical (unpaired) electrons. The Hall–Kier alpha value is -2.01. The molecule has 2 N–H and O–H groups in total. The fraction of sp³-hybridized carbons (Fsp3) is 0.286. The quantitative estimate of drug-likeness (QED) is 0.693. The first-order valence-corrected chi connectivity index (χ1v) is 6.53. The lowest BCUT2D eigenvalue weighted by molar-refractivity contribution is -0.144. The Kier molecular flexibility index (Phi) is 4.29. The van der Waals surface area contributed by atoms with Gasteiger partial charge in [-0.05, 0) is 24.6 Å². The molecule has 0 saturated carbocycles. The number of nitrogens with two attached hydrogens (primary N) is 1. The van der Waals surface area contributed by atoms with Gasteiger partial charge in [0.05, 0.1) is 12.1 Å². The number of aromatic nitrogens is 2. The van der Waals surface area contributed by atoms with Gasteiger partial charge < -0.3 is 10.5 Å². The predicted molar refractivity (Wildman–Crippen MR) is 77.3 cm³/mol. The standard InChI is InChI=1S/C14H16ClN3O2/c1-9-12(14(15)18(2)17-9)8-20-13(19)7-10-3-5-11(16)6-4-10/h3-6H,7-8,16H2,1-2H3. The molecule has 0 aliphatic heterocycles. The number of esters is 1. The van der Waals surface area contributed by atoms with Crippen LogP contribution >= 0.6 is 11.6 Å². The van der Waals surface area contributed by atoms with Crippen LogP contribution in [0.15, 0.2) is 24.3 Å². The first-order chi connectivity index (χ1) is 9.47. The maximum atomic E-state index is 11.8. The molecular formula is C14H16ClN3O2. The third-order valence-electron chi connectivity index (χ3n) is 2.98. The van der Waals surface area contributed by atoms with Gasteiger partial charge in [-0.2, -0.15) is 5.10 Å². The second-order valence-electron chi connectivity index (χ2n) is 4.56. The van der Waals surface area contributed by atoms with Crippen molar-refractivity contribution in [2.24, 2.45) is 7.05 Å². The van der Waals surface area contributed by atoms with Gasteiger partial charge in [0, 0.05) is 18.3 Å². The van der Waals surface area contributed by atoms with Crippen LogP contribution in [-0.4, -0.2) is 15.7 Å². The largest absolute Gasteiger partial charge is 0.460 e. The molecule has 0 amide bonds. The highest BCUT2D eigenvalue weighted by molar-refractivity contribution is 6.30. The summed E-state index contributed by atoms with van der Waals surface area (Å²) < 4.78 is 6.78. The van der Waals surface area contributed by atoms with Crippen LogP contribution in [0.3, 0.4) is 0 Å². The van der Waals surface area contributed by atoms with E-state index in [1.165, 1.54) is 0 Å². The zero-order chi connectivity index (χ0) is 14.7. The number of hydrogen-bond donors (Lipinski definition) is 1. The summed E-state index contributed by atoms with van der Waals surface area (Å²) in [7, 11) is 1.75. The summed E-state index contributed by atoms with van der Waals surface area (Å²) in [6.45, 7) is 1.96. The molecule has 0 saturated heterocycles. The Morgan fingerprint density at radius 2 is 2.05 bits per heavy atom. The van der Waals surface area contributed by atoms with E-state index in [4.69, 9.17) is 22.1 Å². The molecule has 6 heteroatoms. The van der Waals surface area contributed by atoms with Crippen LogP contribution < -0.4 is 5.73 Å². The highest BCUT2D eigenvalue weighted by atomic mass is 35.5. The number of carbonyl (C=O) groups excluding carboxylic acids is 1. The van der Waals surface area contributed by atoms with E-state index in [1.54, 1.807) is 36.0 Å². The maximum Gasteiger partial charge on any atom is 0.310 e. The SMILES string of the molecule is Cc1nn(C)c(Cl)c1COC(=O)Cc1ccc(N)cc1. The molecule has 2 aromatic rings. The molecule has 0 fully saturated rings. The number of nitrogen functional groups attached to an aromatic ring is 1. The van der Waals surface area contributed by atoms with E-state index >= 15 is 0 Å². The van der Waals surface area contributed by atoms with E-state index in [0.717, 1.165) is 16.8 Å². The number of aryl methyl sites for hydroxylation is 2. The van der Waals surface area contributed by atoms with E-state index in [9.17, 15) is 4.79 Å². The molecule has 0 aliphatic carbocycles. The monoisotopic (exact) mass is 293 g/mol. The number of carbonyl (C=O) groups is 1. The summed E-state index contributed by atoms with van der Waals surface area (Å²) in [4.78, 5) is 11.8. The minimum absolute atomic E-state index is 0.131. The van der Waals surface area contributed by atoms with Gasteiger partial charge >= 0.3 is 5.97 Å². The van der Waals surface area contributed by atoms with Crippen molar-refractivity contribution in [3.8, 4) is 0 Å². The van der Waals surface area contributed by atoms with Crippen LogP contribution in [0.4, 0.5) is 5.69 Å². The summed E-state index contributed by atoms with van der Waals surface area (Å²) in [5.41, 5.74) is 8.61. The van der Waals surface area contributed by atoms with Crippen LogP contribution in [0.5, 0.6) is 0 Å². The van der Waals surface area contributed by atoms with Crippen LogP contribution in [0.1, 0.15) is 16.8 Å². The number of rotatable bonds is 4. The average molecular weight is 294 g/mol. The van der Waals surface area contributed by atoms with Gasteiger partial charge in [-0.15, -0.1) is 0 Å². The van der Waals surface area contributed by atoms with Crippen molar-refractivity contribution in [2.75, 3.05) is 5.73 Å². The molecule has 1 heterocycles. The molecule has 0 unspecified atom stereocenters. The molecule has 1 aromatic carbocycles. The number of benzene rings is 1. The fourth-order valence-corrected chi connectivity index (χ4v) is 2.07. The Balaban J connectivity index is 1.94. The predicted octanol–water partition coefficient (Wildman–Crippen LogP) is 2.25. The van der Waals surface area contributed by atoms with E-state index in [-0.39, 0.29) is 19.0 Å². The molecule has 1 aromatic heterocycles. The zero-order valence-corrected chi connectivity index (χ0v) is 12.1. The van der Waals surface area contributed by atoms with E-state index in [2.05, 4.69) is 5.10 Å². The van der Waals surface area contributed by atoms with Crippen LogP contribution in [0, 0.1) is 6.92 Å². The van der Waals surface area contributed by atoms with Gasteiger partial charge in [-0.25, -0.2) is 0 Å². The number of nitrogens with zero attached hydrogens (tertiary/aromatic N) is 2. The molecule has 0 atom stereocenters. The summed E-state index contributed by atoms with van der Waals surface area (Å²) >= 11 is 6.07. The highest BCUT2D eigenvalue weighted by Gasteiger charge is 2.13. The highest BCUT2D eigenvalue weighted by Crippen LogP contribution is 2.19. The third-order valence-corrected chi connectivity index (χ3v) is 3.45. The van der Waals surface area contributed by atoms with Crippen molar-refractivity contribution in [2.45, 2.75) is 20.0 Å². The summed E-state index contributed by atoms with van der Waals surface area (Å²) in [5.74, 6) is -0.311. The minimum atomic E-state index is -0.311. The van der Waals surface area contributed by atoms with Gasteiger partial charge in [0.1, 0.15) is 11.8 Å². The lowest BCUT2D eigenvalue weighted by Crippen LogP contribution is -2.08. The lowest BCUT2D eigenvalue weighted by Gasteiger charge is -2.05. The van der Waals surface area contributed by atoms with Crippen molar-refractivity contribution in [3.63, 3.8) is 0 Å². The Morgan fingerprint density at radius 1 is 1.40 bits per heavy atom. The van der Waals surface area contributed by atoms with Crippen molar-refractivity contribution in [1.29, 1.82) is 0 Å². The lowest BCUT2D eigenvalue weighted by atomic mass is 10.1. The summed E-state index contributed by atoms with van der Waals surface area (Å²) in [6, 6.07) is 7.12. The van der Waals surface area contributed by atoms with Crippen LogP contribution in [0.2, 0.25) is 5.15 Å². The maximum absolute atomic E-state index is 11.8. The van der Waals surface area contributed by atoms with Gasteiger partial charge in [0.25, 0.3) is 0 Å². The first kappa shape index (κ1) is 14.4. The second kappa shape index (κ2) is 5.96. The topological polar surface area (TPSA) is 70.1 Å². The number of hydrogen-bond acceptors (Lipinski definition) is 4. The van der Waals surface area contributed by atoms with Crippen molar-refractivity contribution >= 4 is 23.3 Å². The molecule has 0 aliphatic rings. The van der Waals surface area contributed by atoms with Gasteiger partial charge in [0.2, 0.25) is 0 Å². The third kappa shape index (κ3) is 3.30. The number of anilines is 1. The Bertz CT molecular complexity index is 620. The van der Waals surface area contributed by atoms with Gasteiger partial charge in [0.15, 0.2) is 0 Å². The van der Waals surface area contributed by atoms with Gasteiger partial charge in [-0.3, -0.25) is 9.48 Å². The van der Waals surface area contributed by atoms with E-state index < -0.39 is 0 Å². The Labute approximate surface area is 122 Å². The Morgan fingerprint density at radius 3 is 2.60 bits per heavy atom. The molecular weight excluding hydrogens is 278 g/mol. The van der Waals surface area contributed by atoms with Crippen LogP contribution in [0.25, 0.3) is 0 Å². The summed E-state index contributed by atoms with van der Waals surface area (Å²) in [6.07, 6.45) is 0.206. The smallest absolute Gasteiger partial charge is 0.310 e. The van der Waals surface area contributed by atoms with Crippen molar-refractivity contribution in [1.82, 2.24) is 9.78 Å². The second-order valence-corrected chi connectivity index (χ2v) is 4.92. The first-order valence-electron chi connectivity index (χ1n) is 6.15. The van der Waals surface area contributed by atoms with E-state index in [0.29, 0.717) is 10.8 Å². The molecule has 20 heavy (non-hydrogen) atoms. The van der Waals surface area contributed by atoms with E-state index in [1.807, 2.05) is 6.92 Å².